The molecule has 0 atom stereocenters. The Bertz CT molecular complexity index is 737. The highest BCUT2D eigenvalue weighted by atomic mass is 19.1. The van der Waals surface area contributed by atoms with E-state index in [1.165, 1.54) is 36.4 Å². The molecule has 27 heavy (non-hydrogen) atoms. The second-order valence-corrected chi connectivity index (χ2v) is 6.12. The fourth-order valence-electron chi connectivity index (χ4n) is 2.70. The first-order valence-electron chi connectivity index (χ1n) is 8.75. The molecule has 0 aliphatic carbocycles. The monoisotopic (exact) mass is 376 g/mol. The summed E-state index contributed by atoms with van der Waals surface area (Å²) < 4.78 is 37.8. The van der Waals surface area contributed by atoms with Crippen LogP contribution in [0.3, 0.4) is 0 Å². The van der Waals surface area contributed by atoms with Crippen molar-refractivity contribution >= 4 is 11.9 Å². The lowest BCUT2D eigenvalue weighted by molar-refractivity contribution is -0.175. The average molecular weight is 376 g/mol. The van der Waals surface area contributed by atoms with Crippen LogP contribution in [0.1, 0.15) is 37.8 Å². The zero-order valence-corrected chi connectivity index (χ0v) is 15.3. The minimum absolute atomic E-state index is 0.149. The largest absolute Gasteiger partial charge is 0.460 e. The maximum Gasteiger partial charge on any atom is 0.323 e. The number of benzene rings is 2. The van der Waals surface area contributed by atoms with Gasteiger partial charge in [-0.1, -0.05) is 50.2 Å². The SMILES string of the molecule is CCC(CC)(C(=O)OCc1ccccc1F)C(=O)OCc1ccccc1F. The molecule has 0 N–H and O–H groups in total. The molecule has 0 aliphatic heterocycles. The molecule has 0 aromatic heterocycles. The van der Waals surface area contributed by atoms with Crippen molar-refractivity contribution in [1.82, 2.24) is 0 Å². The van der Waals surface area contributed by atoms with Gasteiger partial charge in [-0.15, -0.1) is 0 Å². The van der Waals surface area contributed by atoms with Crippen LogP contribution in [0.4, 0.5) is 8.78 Å². The Hall–Kier alpha value is -2.76. The van der Waals surface area contributed by atoms with E-state index in [0.717, 1.165) is 0 Å². The molecule has 2 aromatic carbocycles. The Kier molecular flexibility index (Phi) is 7.05. The van der Waals surface area contributed by atoms with E-state index in [1.54, 1.807) is 26.0 Å². The first-order valence-corrected chi connectivity index (χ1v) is 8.75. The molecule has 0 heterocycles. The highest BCUT2D eigenvalue weighted by Gasteiger charge is 2.46. The number of esters is 2. The van der Waals surface area contributed by atoms with E-state index in [0.29, 0.717) is 0 Å². The summed E-state index contributed by atoms with van der Waals surface area (Å²) in [5.41, 5.74) is -1.09. The van der Waals surface area contributed by atoms with Gasteiger partial charge in [0.15, 0.2) is 5.41 Å². The van der Waals surface area contributed by atoms with E-state index in [4.69, 9.17) is 9.47 Å². The van der Waals surface area contributed by atoms with Gasteiger partial charge in [0.25, 0.3) is 0 Å². The number of ether oxygens (including phenoxy) is 2. The van der Waals surface area contributed by atoms with Crippen LogP contribution in [0.2, 0.25) is 0 Å². The number of halogens is 2. The molecule has 0 fully saturated rings. The molecular formula is C21H22F2O4. The van der Waals surface area contributed by atoms with Crippen molar-refractivity contribution in [3.8, 4) is 0 Å². The van der Waals surface area contributed by atoms with Crippen LogP contribution in [0.15, 0.2) is 48.5 Å². The fraction of sp³-hybridized carbons (Fsp3) is 0.333. The normalized spacial score (nSPS) is 11.1. The zero-order chi connectivity index (χ0) is 19.9. The van der Waals surface area contributed by atoms with Gasteiger partial charge in [0, 0.05) is 11.1 Å². The lowest BCUT2D eigenvalue weighted by Crippen LogP contribution is -2.41. The summed E-state index contributed by atoms with van der Waals surface area (Å²) in [5.74, 6) is -2.55. The van der Waals surface area contributed by atoms with Crippen molar-refractivity contribution in [2.45, 2.75) is 39.9 Å². The van der Waals surface area contributed by atoms with Gasteiger partial charge in [-0.25, -0.2) is 8.78 Å². The summed E-state index contributed by atoms with van der Waals surface area (Å²) in [4.78, 5) is 25.2. The van der Waals surface area contributed by atoms with E-state index < -0.39 is 29.0 Å². The molecule has 2 aromatic rings. The molecule has 144 valence electrons. The Balaban J connectivity index is 2.08. The summed E-state index contributed by atoms with van der Waals surface area (Å²) in [7, 11) is 0. The molecular weight excluding hydrogens is 354 g/mol. The quantitative estimate of drug-likeness (QED) is 0.501. The van der Waals surface area contributed by atoms with Crippen molar-refractivity contribution < 1.29 is 27.8 Å². The molecule has 0 bridgehead atoms. The lowest BCUT2D eigenvalue weighted by Gasteiger charge is -2.27. The standard InChI is InChI=1S/C21H22F2O4/c1-3-21(4-2,19(24)26-13-15-9-5-7-11-17(15)22)20(25)27-14-16-10-6-8-12-18(16)23/h5-12H,3-4,13-14H2,1-2H3. The van der Waals surface area contributed by atoms with Crippen molar-refractivity contribution in [3.63, 3.8) is 0 Å². The molecule has 6 heteroatoms. The Labute approximate surface area is 157 Å². The molecule has 0 radical (unpaired) electrons. The summed E-state index contributed by atoms with van der Waals surface area (Å²) in [6.45, 7) is 2.76. The van der Waals surface area contributed by atoms with E-state index in [1.807, 2.05) is 0 Å². The van der Waals surface area contributed by atoms with Crippen LogP contribution in [-0.4, -0.2) is 11.9 Å². The van der Waals surface area contributed by atoms with Gasteiger partial charge in [0.1, 0.15) is 24.8 Å². The second-order valence-electron chi connectivity index (χ2n) is 6.12. The van der Waals surface area contributed by atoms with Crippen molar-refractivity contribution in [2.24, 2.45) is 5.41 Å². The zero-order valence-electron chi connectivity index (χ0n) is 15.3. The van der Waals surface area contributed by atoms with Crippen LogP contribution in [-0.2, 0) is 32.3 Å². The highest BCUT2D eigenvalue weighted by molar-refractivity contribution is 6.00. The first-order chi connectivity index (χ1) is 12.9. The van der Waals surface area contributed by atoms with Gasteiger partial charge in [-0.2, -0.15) is 0 Å². The molecule has 0 unspecified atom stereocenters. The van der Waals surface area contributed by atoms with Crippen LogP contribution >= 0.6 is 0 Å². The number of carbonyl (C=O) groups is 2. The average Bonchev–Trinajstić information content (AvgIpc) is 2.68. The first kappa shape index (κ1) is 20.6. The predicted octanol–water partition coefficient (Wildman–Crippen LogP) is 4.56. The van der Waals surface area contributed by atoms with Crippen LogP contribution in [0.5, 0.6) is 0 Å². The highest BCUT2D eigenvalue weighted by Crippen LogP contribution is 2.31. The molecule has 0 saturated heterocycles. The maximum atomic E-state index is 13.7. The van der Waals surface area contributed by atoms with Crippen molar-refractivity contribution in [3.05, 3.63) is 71.3 Å². The van der Waals surface area contributed by atoms with E-state index in [-0.39, 0.29) is 37.2 Å². The summed E-state index contributed by atoms with van der Waals surface area (Å²) in [6, 6.07) is 11.8. The van der Waals surface area contributed by atoms with Crippen LogP contribution in [0, 0.1) is 17.0 Å². The third-order valence-electron chi connectivity index (χ3n) is 4.62. The minimum atomic E-state index is -1.52. The van der Waals surface area contributed by atoms with E-state index in [9.17, 15) is 18.4 Å². The number of hydrogen-bond acceptors (Lipinski definition) is 4. The minimum Gasteiger partial charge on any atom is -0.460 e. The van der Waals surface area contributed by atoms with Crippen LogP contribution < -0.4 is 0 Å². The molecule has 0 saturated carbocycles. The van der Waals surface area contributed by atoms with Gasteiger partial charge in [0.2, 0.25) is 0 Å². The topological polar surface area (TPSA) is 52.6 Å². The Morgan fingerprint density at radius 1 is 0.778 bits per heavy atom. The van der Waals surface area contributed by atoms with Gasteiger partial charge in [-0.3, -0.25) is 9.59 Å². The summed E-state index contributed by atoms with van der Waals surface area (Å²) in [5, 5.41) is 0. The molecule has 0 amide bonds. The van der Waals surface area contributed by atoms with E-state index >= 15 is 0 Å². The van der Waals surface area contributed by atoms with Crippen molar-refractivity contribution in [1.29, 1.82) is 0 Å². The number of hydrogen-bond donors (Lipinski definition) is 0. The summed E-state index contributed by atoms with van der Waals surface area (Å²) >= 11 is 0. The summed E-state index contributed by atoms with van der Waals surface area (Å²) in [6.07, 6.45) is 0.297. The number of carbonyl (C=O) groups excluding carboxylic acids is 2. The Morgan fingerprint density at radius 3 is 1.48 bits per heavy atom. The predicted molar refractivity (Wildman–Crippen MR) is 95.4 cm³/mol. The fourth-order valence-corrected chi connectivity index (χ4v) is 2.70. The third kappa shape index (κ3) is 4.70. The van der Waals surface area contributed by atoms with Gasteiger partial charge >= 0.3 is 11.9 Å². The number of rotatable bonds is 8. The van der Waals surface area contributed by atoms with Gasteiger partial charge < -0.3 is 9.47 Å². The van der Waals surface area contributed by atoms with E-state index in [2.05, 4.69) is 0 Å². The second kappa shape index (κ2) is 9.26. The molecule has 0 spiro atoms. The third-order valence-corrected chi connectivity index (χ3v) is 4.62. The van der Waals surface area contributed by atoms with Crippen LogP contribution in [0.25, 0.3) is 0 Å². The molecule has 0 aliphatic rings. The maximum absolute atomic E-state index is 13.7. The van der Waals surface area contributed by atoms with Crippen molar-refractivity contribution in [2.75, 3.05) is 0 Å². The van der Waals surface area contributed by atoms with Gasteiger partial charge in [0.05, 0.1) is 0 Å². The molecule has 2 rings (SSSR count). The Morgan fingerprint density at radius 2 is 1.15 bits per heavy atom. The smallest absolute Gasteiger partial charge is 0.323 e. The molecule has 4 nitrogen and oxygen atoms in total. The lowest BCUT2D eigenvalue weighted by atomic mass is 9.82. The van der Waals surface area contributed by atoms with Gasteiger partial charge in [-0.05, 0) is 25.0 Å².